The number of aromatic nitrogens is 2. The Morgan fingerprint density at radius 2 is 2.00 bits per heavy atom. The molecule has 1 N–H and O–H groups in total. The number of aliphatic imine (C=N–C) groups is 1. The number of rotatable bonds is 3. The van der Waals surface area contributed by atoms with Crippen molar-refractivity contribution >= 4 is 16.7 Å². The van der Waals surface area contributed by atoms with Crippen LogP contribution in [0.2, 0.25) is 0 Å². The Hall–Kier alpha value is -2.95. The summed E-state index contributed by atoms with van der Waals surface area (Å²) in [6.07, 6.45) is 5.47. The molecule has 0 spiro atoms. The molecule has 2 aromatic heterocycles. The molecule has 5 heteroatoms. The molecule has 0 amide bonds. The number of nitrogens with zero attached hydrogens (tertiary/aromatic N) is 3. The van der Waals surface area contributed by atoms with Crippen molar-refractivity contribution < 1.29 is 0 Å². The summed E-state index contributed by atoms with van der Waals surface area (Å²) in [5.74, 6) is 0.710. The fraction of sp³-hybridized carbons (Fsp3) is 0.211. The molecule has 3 aromatic rings. The molecule has 0 saturated carbocycles. The van der Waals surface area contributed by atoms with Gasteiger partial charge in [0.1, 0.15) is 5.84 Å². The van der Waals surface area contributed by atoms with Gasteiger partial charge in [-0.1, -0.05) is 6.07 Å². The van der Waals surface area contributed by atoms with E-state index >= 15 is 0 Å². The molecule has 0 aliphatic carbocycles. The van der Waals surface area contributed by atoms with Gasteiger partial charge in [0.05, 0.1) is 17.6 Å². The highest BCUT2D eigenvalue weighted by Gasteiger charge is 2.16. The molecule has 0 atom stereocenters. The third-order valence-electron chi connectivity index (χ3n) is 4.36. The van der Waals surface area contributed by atoms with Crippen molar-refractivity contribution in [1.29, 1.82) is 0 Å². The van der Waals surface area contributed by atoms with Crippen molar-refractivity contribution in [3.8, 4) is 11.1 Å². The van der Waals surface area contributed by atoms with Gasteiger partial charge in [0, 0.05) is 37.1 Å². The quantitative estimate of drug-likeness (QED) is 0.807. The summed E-state index contributed by atoms with van der Waals surface area (Å²) in [4.78, 5) is 21.3. The Morgan fingerprint density at radius 1 is 1.17 bits per heavy atom. The maximum absolute atomic E-state index is 12.9. The third kappa shape index (κ3) is 2.38. The van der Waals surface area contributed by atoms with Gasteiger partial charge in [0.25, 0.3) is 0 Å². The summed E-state index contributed by atoms with van der Waals surface area (Å²) in [6.45, 7) is 4.38. The standard InChI is InChI=1S/C19H18N4O/c1-2-23-12-16(19-21-9-10-22-19)18(24)15-4-3-14(11-17(15)23)13-5-7-20-8-6-13/h3-8,11-12H,2,9-10H2,1H3,(H,21,22). The number of pyridine rings is 2. The van der Waals surface area contributed by atoms with E-state index in [0.717, 1.165) is 41.7 Å². The van der Waals surface area contributed by atoms with E-state index < -0.39 is 0 Å². The minimum Gasteiger partial charge on any atom is -0.368 e. The van der Waals surface area contributed by atoms with E-state index in [9.17, 15) is 4.79 Å². The van der Waals surface area contributed by atoms with E-state index in [-0.39, 0.29) is 5.43 Å². The van der Waals surface area contributed by atoms with Crippen molar-refractivity contribution in [2.24, 2.45) is 4.99 Å². The zero-order valence-corrected chi connectivity index (χ0v) is 13.5. The van der Waals surface area contributed by atoms with Crippen LogP contribution in [0.1, 0.15) is 12.5 Å². The fourth-order valence-electron chi connectivity index (χ4n) is 3.12. The van der Waals surface area contributed by atoms with Crippen molar-refractivity contribution in [2.75, 3.05) is 13.1 Å². The van der Waals surface area contributed by atoms with Gasteiger partial charge in [0.2, 0.25) is 0 Å². The van der Waals surface area contributed by atoms with E-state index in [1.54, 1.807) is 12.4 Å². The third-order valence-corrected chi connectivity index (χ3v) is 4.36. The molecule has 0 unspecified atom stereocenters. The molecule has 4 rings (SSSR count). The van der Waals surface area contributed by atoms with Crippen LogP contribution >= 0.6 is 0 Å². The van der Waals surface area contributed by atoms with Gasteiger partial charge in [-0.25, -0.2) is 0 Å². The molecule has 5 nitrogen and oxygen atoms in total. The van der Waals surface area contributed by atoms with Crippen molar-refractivity contribution in [1.82, 2.24) is 14.9 Å². The maximum atomic E-state index is 12.9. The van der Waals surface area contributed by atoms with Gasteiger partial charge in [-0.15, -0.1) is 0 Å². The molecule has 3 heterocycles. The lowest BCUT2D eigenvalue weighted by atomic mass is 10.0. The van der Waals surface area contributed by atoms with Gasteiger partial charge in [-0.05, 0) is 42.3 Å². The minimum absolute atomic E-state index is 0.0316. The van der Waals surface area contributed by atoms with Crippen LogP contribution in [-0.4, -0.2) is 28.5 Å². The van der Waals surface area contributed by atoms with E-state index in [4.69, 9.17) is 0 Å². The average Bonchev–Trinajstić information content (AvgIpc) is 3.17. The van der Waals surface area contributed by atoms with Crippen LogP contribution in [0.3, 0.4) is 0 Å². The molecule has 0 fully saturated rings. The predicted molar refractivity (Wildman–Crippen MR) is 96.5 cm³/mol. The molecule has 0 bridgehead atoms. The van der Waals surface area contributed by atoms with Crippen molar-refractivity contribution in [2.45, 2.75) is 13.5 Å². The van der Waals surface area contributed by atoms with Gasteiger partial charge in [-0.3, -0.25) is 14.8 Å². The number of fused-ring (bicyclic) bond motifs is 1. The Morgan fingerprint density at radius 3 is 2.71 bits per heavy atom. The highest BCUT2D eigenvalue weighted by atomic mass is 16.1. The second kappa shape index (κ2) is 5.92. The van der Waals surface area contributed by atoms with E-state index in [1.165, 1.54) is 0 Å². The van der Waals surface area contributed by atoms with E-state index in [0.29, 0.717) is 11.4 Å². The molecular weight excluding hydrogens is 300 g/mol. The Labute approximate surface area is 139 Å². The maximum Gasteiger partial charge on any atom is 0.200 e. The van der Waals surface area contributed by atoms with Crippen LogP contribution in [0, 0.1) is 0 Å². The number of benzene rings is 1. The van der Waals surface area contributed by atoms with Gasteiger partial charge in [-0.2, -0.15) is 0 Å². The summed E-state index contributed by atoms with van der Waals surface area (Å²) in [5.41, 5.74) is 3.80. The highest BCUT2D eigenvalue weighted by Crippen LogP contribution is 2.23. The average molecular weight is 318 g/mol. The normalized spacial score (nSPS) is 13.8. The van der Waals surface area contributed by atoms with E-state index in [2.05, 4.69) is 32.9 Å². The van der Waals surface area contributed by atoms with Crippen LogP contribution in [-0.2, 0) is 6.54 Å². The lowest BCUT2D eigenvalue weighted by Gasteiger charge is -2.13. The van der Waals surface area contributed by atoms with Gasteiger partial charge < -0.3 is 9.88 Å². The first-order valence-corrected chi connectivity index (χ1v) is 8.14. The Bertz CT molecular complexity index is 989. The summed E-state index contributed by atoms with van der Waals surface area (Å²) in [6, 6.07) is 9.93. The number of nitrogens with one attached hydrogen (secondary N) is 1. The summed E-state index contributed by atoms with van der Waals surface area (Å²) in [7, 11) is 0. The number of aryl methyl sites for hydroxylation is 1. The van der Waals surface area contributed by atoms with E-state index in [1.807, 2.05) is 30.5 Å². The van der Waals surface area contributed by atoms with Crippen LogP contribution in [0.15, 0.2) is 58.7 Å². The molecule has 1 aliphatic rings. The van der Waals surface area contributed by atoms with Gasteiger partial charge >= 0.3 is 0 Å². The van der Waals surface area contributed by atoms with Crippen LogP contribution < -0.4 is 10.7 Å². The zero-order valence-electron chi connectivity index (χ0n) is 13.5. The summed E-state index contributed by atoms with van der Waals surface area (Å²) >= 11 is 0. The monoisotopic (exact) mass is 318 g/mol. The SMILES string of the molecule is CCn1cc(C2=NCCN2)c(=O)c2ccc(-c3ccncc3)cc21. The largest absolute Gasteiger partial charge is 0.368 e. The zero-order chi connectivity index (χ0) is 16.5. The minimum atomic E-state index is 0.0316. The highest BCUT2D eigenvalue weighted by molar-refractivity contribution is 6.02. The lowest BCUT2D eigenvalue weighted by Crippen LogP contribution is -2.27. The molecule has 120 valence electrons. The van der Waals surface area contributed by atoms with Crippen LogP contribution in [0.5, 0.6) is 0 Å². The second-order valence-corrected chi connectivity index (χ2v) is 5.78. The smallest absolute Gasteiger partial charge is 0.200 e. The number of hydrogen-bond acceptors (Lipinski definition) is 4. The molecule has 0 radical (unpaired) electrons. The van der Waals surface area contributed by atoms with Gasteiger partial charge in [0.15, 0.2) is 5.43 Å². The topological polar surface area (TPSA) is 59.3 Å². The number of hydrogen-bond donors (Lipinski definition) is 1. The predicted octanol–water partition coefficient (Wildman–Crippen LogP) is 2.43. The molecular formula is C19H18N4O. The van der Waals surface area contributed by atoms with Crippen LogP contribution in [0.4, 0.5) is 0 Å². The van der Waals surface area contributed by atoms with Crippen LogP contribution in [0.25, 0.3) is 22.0 Å². The first kappa shape index (κ1) is 14.6. The lowest BCUT2D eigenvalue weighted by molar-refractivity contribution is 0.786. The van der Waals surface area contributed by atoms with Crippen molar-refractivity contribution in [3.63, 3.8) is 0 Å². The summed E-state index contributed by atoms with van der Waals surface area (Å²) < 4.78 is 2.11. The Balaban J connectivity index is 1.95. The fourth-order valence-corrected chi connectivity index (χ4v) is 3.12. The molecule has 1 aromatic carbocycles. The summed E-state index contributed by atoms with van der Waals surface area (Å²) in [5, 5.41) is 3.92. The molecule has 0 saturated heterocycles. The first-order chi connectivity index (χ1) is 11.8. The molecule has 24 heavy (non-hydrogen) atoms. The first-order valence-electron chi connectivity index (χ1n) is 8.14. The van der Waals surface area contributed by atoms with Crippen molar-refractivity contribution in [3.05, 3.63) is 64.7 Å². The Kier molecular flexibility index (Phi) is 3.61. The molecule has 1 aliphatic heterocycles. The number of amidine groups is 1. The second-order valence-electron chi connectivity index (χ2n) is 5.78.